The minimum atomic E-state index is -1.63. The maximum atomic E-state index is 13.9. The molecule has 0 spiro atoms. The first-order valence-corrected chi connectivity index (χ1v) is 19.6. The summed E-state index contributed by atoms with van der Waals surface area (Å²) in [5.74, 6) is -5.67. The predicted octanol–water partition coefficient (Wildman–Crippen LogP) is 0.909. The van der Waals surface area contributed by atoms with Crippen LogP contribution < -0.4 is 31.9 Å². The van der Waals surface area contributed by atoms with Crippen LogP contribution in [-0.4, -0.2) is 154 Å². The summed E-state index contributed by atoms with van der Waals surface area (Å²) < 4.78 is 5.38. The summed E-state index contributed by atoms with van der Waals surface area (Å²) in [4.78, 5) is 93.1. The monoisotopic (exact) mass is 848 g/mol. The summed E-state index contributed by atoms with van der Waals surface area (Å²) in [5.41, 5.74) is 1.34. The number of carbonyl (C=O) groups is 7. The van der Waals surface area contributed by atoms with Crippen molar-refractivity contribution in [3.05, 3.63) is 59.7 Å². The van der Waals surface area contributed by atoms with Gasteiger partial charge in [0.25, 0.3) is 0 Å². The van der Waals surface area contributed by atoms with Gasteiger partial charge in [0.2, 0.25) is 23.6 Å². The fraction of sp³-hybridized carbons (Fsp3) is 0.537. The van der Waals surface area contributed by atoms with Crippen LogP contribution in [-0.2, 0) is 39.9 Å². The van der Waals surface area contributed by atoms with Gasteiger partial charge >= 0.3 is 18.0 Å². The molecule has 2 aromatic carbocycles. The van der Waals surface area contributed by atoms with Crippen LogP contribution in [0.2, 0.25) is 0 Å². The molecule has 3 rings (SSSR count). The summed E-state index contributed by atoms with van der Waals surface area (Å²) in [6, 6.07) is 8.44. The van der Waals surface area contributed by atoms with Crippen LogP contribution >= 0.6 is 0 Å². The molecule has 0 unspecified atom stereocenters. The molecule has 1 radical (unpaired) electrons. The fourth-order valence-corrected chi connectivity index (χ4v) is 6.39. The number of urea groups is 1. The number of likely N-dealkylation sites (tertiary alicyclic amines) is 1. The quantitative estimate of drug-likeness (QED) is 0.0627. The van der Waals surface area contributed by atoms with E-state index in [9.17, 15) is 48.9 Å². The number of amides is 6. The molecule has 1 aliphatic rings. The number of rotatable bonds is 21. The Balaban J connectivity index is 0.0000124. The van der Waals surface area contributed by atoms with Crippen molar-refractivity contribution in [1.29, 1.82) is 0 Å². The number of benzene rings is 2. The molecule has 1 fully saturated rings. The third-order valence-corrected chi connectivity index (χ3v) is 10.0. The van der Waals surface area contributed by atoms with Crippen molar-refractivity contribution in [2.45, 2.75) is 96.4 Å². The molecule has 2 aromatic rings. The Kier molecular flexibility index (Phi) is 21.1. The average Bonchev–Trinajstić information content (AvgIpc) is 3.68. The largest absolute Gasteiger partial charge is 0.481 e. The van der Waals surface area contributed by atoms with Gasteiger partial charge in [0.05, 0.1) is 31.6 Å². The van der Waals surface area contributed by atoms with Crippen molar-refractivity contribution in [3.63, 3.8) is 0 Å². The van der Waals surface area contributed by atoms with Crippen LogP contribution in [0.1, 0.15) is 64.5 Å². The molecule has 60 heavy (non-hydrogen) atoms. The van der Waals surface area contributed by atoms with Crippen molar-refractivity contribution < 1.29 is 53.6 Å². The molecule has 6 amide bonds. The van der Waals surface area contributed by atoms with E-state index in [1.165, 1.54) is 11.9 Å². The number of likely N-dealkylation sites (N-methyl/N-ethyl adjacent to an activating group) is 1. The van der Waals surface area contributed by atoms with Gasteiger partial charge in [-0.1, -0.05) is 58.0 Å². The van der Waals surface area contributed by atoms with Crippen molar-refractivity contribution in [1.82, 2.24) is 26.2 Å². The van der Waals surface area contributed by atoms with Gasteiger partial charge in [0.15, 0.2) is 0 Å². The number of hydrogen-bond acceptors (Lipinski definition) is 11. The summed E-state index contributed by atoms with van der Waals surface area (Å²) in [6.07, 6.45) is -0.0738. The third-order valence-electron chi connectivity index (χ3n) is 10.0. The topological polar surface area (TPSA) is 265 Å². The first kappa shape index (κ1) is 51.6. The van der Waals surface area contributed by atoms with Crippen LogP contribution in [0, 0.1) is 18.8 Å². The van der Waals surface area contributed by atoms with Gasteiger partial charge in [0.1, 0.15) is 30.8 Å². The first-order chi connectivity index (χ1) is 27.9. The fourth-order valence-electron chi connectivity index (χ4n) is 6.39. The zero-order valence-corrected chi connectivity index (χ0v) is 37.5. The second-order valence-electron chi connectivity index (χ2n) is 15.6. The Hall–Kier alpha value is -4.59. The second-order valence-corrected chi connectivity index (χ2v) is 15.6. The number of carboxylic acid groups (broad SMARTS) is 1. The van der Waals surface area contributed by atoms with E-state index in [0.717, 1.165) is 5.56 Å². The molecule has 19 heteroatoms. The molecule has 1 aliphatic heterocycles. The number of aliphatic carboxylic acids is 1. The number of ether oxygens (including phenoxy) is 1. The Morgan fingerprint density at radius 2 is 1.50 bits per heavy atom. The average molecular weight is 849 g/mol. The standard InChI is InChI=1S/C41H59N7O11.Na/c1-24(2)18-30(44-33(51)19-27-13-15-28(16-14-27)43-40(58)46-29-11-8-7-10-26(29)5)36(54)45-31(20-34(52)53)37(55)47-35(25(3)4)38(56)48-17-9-12-32(48)39(57)59-23-41(21-49,22-50)42-6;/h7-8,10-11,13-16,24-25,30-32,35,42,49-50H,9,12,17-23H2,1-6H3,(H,44,51)(H,45,54)(H,47,55)(H,52,53)(H2,43,46,58);/t30-,31-,32-,35-;/m0./s1. The molecule has 0 bridgehead atoms. The number of carboxylic acids is 1. The van der Waals surface area contributed by atoms with Gasteiger partial charge in [0, 0.05) is 47.5 Å². The van der Waals surface area contributed by atoms with Gasteiger partial charge in [-0.15, -0.1) is 0 Å². The van der Waals surface area contributed by atoms with Gasteiger partial charge in [-0.2, -0.15) is 0 Å². The van der Waals surface area contributed by atoms with Crippen molar-refractivity contribution >= 4 is 82.5 Å². The number of nitrogens with one attached hydrogen (secondary N) is 6. The van der Waals surface area contributed by atoms with Gasteiger partial charge in [-0.25, -0.2) is 9.59 Å². The second kappa shape index (κ2) is 24.6. The Bertz CT molecular complexity index is 1780. The molecular formula is C41H59N7NaO11. The van der Waals surface area contributed by atoms with Crippen LogP contribution in [0.25, 0.3) is 0 Å². The number of para-hydroxylation sites is 1. The molecule has 0 saturated carbocycles. The van der Waals surface area contributed by atoms with Gasteiger partial charge < -0.3 is 56.9 Å². The van der Waals surface area contributed by atoms with Crippen LogP contribution in [0.5, 0.6) is 0 Å². The molecule has 9 N–H and O–H groups in total. The summed E-state index contributed by atoms with van der Waals surface area (Å²) in [6.45, 7) is 7.60. The molecule has 1 heterocycles. The van der Waals surface area contributed by atoms with E-state index in [-0.39, 0.29) is 67.9 Å². The van der Waals surface area contributed by atoms with Gasteiger partial charge in [-0.05, 0) is 74.4 Å². The molecule has 1 saturated heterocycles. The smallest absolute Gasteiger partial charge is 0.328 e. The van der Waals surface area contributed by atoms with Crippen LogP contribution in [0.3, 0.4) is 0 Å². The Morgan fingerprint density at radius 1 is 0.867 bits per heavy atom. The predicted molar refractivity (Wildman–Crippen MR) is 224 cm³/mol. The van der Waals surface area contributed by atoms with Crippen molar-refractivity contribution in [2.75, 3.05) is 44.0 Å². The minimum absolute atomic E-state index is 0. The normalized spacial score (nSPS) is 15.2. The molecule has 4 atom stereocenters. The van der Waals surface area contributed by atoms with Gasteiger partial charge in [-0.3, -0.25) is 24.0 Å². The number of carbonyl (C=O) groups excluding carboxylic acids is 6. The molecule has 0 aromatic heterocycles. The number of nitrogens with zero attached hydrogens (tertiary/aromatic N) is 1. The Morgan fingerprint density at radius 3 is 2.07 bits per heavy atom. The molecular weight excluding hydrogens is 789 g/mol. The van der Waals surface area contributed by atoms with E-state index in [2.05, 4.69) is 31.9 Å². The van der Waals surface area contributed by atoms with E-state index in [1.54, 1.807) is 44.2 Å². The van der Waals surface area contributed by atoms with Crippen LogP contribution in [0.4, 0.5) is 16.2 Å². The zero-order valence-electron chi connectivity index (χ0n) is 35.5. The maximum absolute atomic E-state index is 13.9. The summed E-state index contributed by atoms with van der Waals surface area (Å²) >= 11 is 0. The molecule has 325 valence electrons. The Labute approximate surface area is 372 Å². The van der Waals surface area contributed by atoms with Crippen LogP contribution in [0.15, 0.2) is 48.5 Å². The maximum Gasteiger partial charge on any atom is 0.328 e. The number of hydrogen-bond donors (Lipinski definition) is 9. The minimum Gasteiger partial charge on any atom is -0.481 e. The number of esters is 1. The number of aliphatic hydroxyl groups excluding tert-OH is 2. The SMILES string of the molecule is CNC(CO)(CO)COC(=O)[C@@H]1CCCN1C(=O)[C@@H](NC(=O)[C@H](CC(=O)O)NC(=O)[C@H](CC(C)C)NC(=O)Cc1ccc(NC(=O)Nc2ccccc2C)cc1)C(C)C.[Na]. The molecule has 18 nitrogen and oxygen atoms in total. The number of anilines is 2. The van der Waals surface area contributed by atoms with E-state index >= 15 is 0 Å². The zero-order chi connectivity index (χ0) is 43.9. The third kappa shape index (κ3) is 15.5. The van der Waals surface area contributed by atoms with E-state index in [1.807, 2.05) is 39.0 Å². The summed E-state index contributed by atoms with van der Waals surface area (Å²) in [5, 5.41) is 45.0. The van der Waals surface area contributed by atoms with E-state index in [4.69, 9.17) is 4.74 Å². The number of aryl methyl sites for hydroxylation is 1. The van der Waals surface area contributed by atoms with E-state index < -0.39 is 96.9 Å². The molecule has 0 aliphatic carbocycles. The summed E-state index contributed by atoms with van der Waals surface area (Å²) in [7, 11) is 1.49. The van der Waals surface area contributed by atoms with Crippen molar-refractivity contribution in [3.8, 4) is 0 Å². The first-order valence-electron chi connectivity index (χ1n) is 19.6. The van der Waals surface area contributed by atoms with Crippen molar-refractivity contribution in [2.24, 2.45) is 11.8 Å². The number of aliphatic hydroxyl groups is 2. The van der Waals surface area contributed by atoms with E-state index in [0.29, 0.717) is 23.4 Å².